The SMILES string of the molecule is CCC(Cc1cnc[nH]1)c1ccc(Cl)cc1. The molecule has 0 aliphatic carbocycles. The third kappa shape index (κ3) is 2.64. The van der Waals surface area contributed by atoms with Crippen molar-refractivity contribution in [3.8, 4) is 0 Å². The smallest absolute Gasteiger partial charge is 0.0921 e. The summed E-state index contributed by atoms with van der Waals surface area (Å²) >= 11 is 5.89. The summed E-state index contributed by atoms with van der Waals surface area (Å²) in [6, 6.07) is 8.11. The lowest BCUT2D eigenvalue weighted by molar-refractivity contribution is 0.651. The standard InChI is InChI=1S/C13H15ClN2/c1-2-10(7-13-8-15-9-16-13)11-3-5-12(14)6-4-11/h3-6,8-10H,2,7H2,1H3,(H,15,16). The van der Waals surface area contributed by atoms with Gasteiger partial charge in [0, 0.05) is 16.9 Å². The first kappa shape index (κ1) is 11.2. The van der Waals surface area contributed by atoms with Crippen molar-refractivity contribution in [2.24, 2.45) is 0 Å². The van der Waals surface area contributed by atoms with Crippen molar-refractivity contribution in [3.63, 3.8) is 0 Å². The molecule has 0 spiro atoms. The molecule has 1 aromatic heterocycles. The van der Waals surface area contributed by atoms with Crippen molar-refractivity contribution in [1.29, 1.82) is 0 Å². The number of nitrogens with one attached hydrogen (secondary N) is 1. The molecule has 0 fully saturated rings. The molecule has 1 aromatic carbocycles. The highest BCUT2D eigenvalue weighted by Crippen LogP contribution is 2.24. The molecular formula is C13H15ClN2. The van der Waals surface area contributed by atoms with Gasteiger partial charge in [0.25, 0.3) is 0 Å². The summed E-state index contributed by atoms with van der Waals surface area (Å²) < 4.78 is 0. The number of hydrogen-bond acceptors (Lipinski definition) is 1. The van der Waals surface area contributed by atoms with Gasteiger partial charge in [0.1, 0.15) is 0 Å². The average molecular weight is 235 g/mol. The molecule has 2 nitrogen and oxygen atoms in total. The maximum absolute atomic E-state index is 5.89. The Bertz CT molecular complexity index is 420. The molecular weight excluding hydrogens is 220 g/mol. The maximum Gasteiger partial charge on any atom is 0.0921 e. The predicted molar refractivity (Wildman–Crippen MR) is 66.8 cm³/mol. The van der Waals surface area contributed by atoms with E-state index in [1.54, 1.807) is 6.33 Å². The highest BCUT2D eigenvalue weighted by Gasteiger charge is 2.10. The number of aromatic amines is 1. The lowest BCUT2D eigenvalue weighted by atomic mass is 9.92. The van der Waals surface area contributed by atoms with Crippen LogP contribution in [0, 0.1) is 0 Å². The Hall–Kier alpha value is -1.28. The normalized spacial score (nSPS) is 12.6. The third-order valence-corrected chi connectivity index (χ3v) is 3.11. The second kappa shape index (κ2) is 5.17. The first-order chi connectivity index (χ1) is 7.79. The van der Waals surface area contributed by atoms with Crippen molar-refractivity contribution in [1.82, 2.24) is 9.97 Å². The van der Waals surface area contributed by atoms with Gasteiger partial charge in [-0.05, 0) is 36.5 Å². The van der Waals surface area contributed by atoms with Gasteiger partial charge < -0.3 is 4.98 Å². The minimum absolute atomic E-state index is 0.526. The van der Waals surface area contributed by atoms with E-state index in [9.17, 15) is 0 Å². The molecule has 1 atom stereocenters. The molecule has 0 aliphatic heterocycles. The van der Waals surface area contributed by atoms with Crippen LogP contribution in [0.25, 0.3) is 0 Å². The Labute approximate surface area is 101 Å². The van der Waals surface area contributed by atoms with Crippen LogP contribution in [0.15, 0.2) is 36.8 Å². The van der Waals surface area contributed by atoms with Crippen molar-refractivity contribution in [2.75, 3.05) is 0 Å². The summed E-state index contributed by atoms with van der Waals surface area (Å²) in [7, 11) is 0. The largest absolute Gasteiger partial charge is 0.348 e. The number of nitrogens with zero attached hydrogens (tertiary/aromatic N) is 1. The molecule has 16 heavy (non-hydrogen) atoms. The van der Waals surface area contributed by atoms with Gasteiger partial charge in [-0.25, -0.2) is 4.98 Å². The van der Waals surface area contributed by atoms with Crippen LogP contribution < -0.4 is 0 Å². The number of H-pyrrole nitrogens is 1. The van der Waals surface area contributed by atoms with Crippen molar-refractivity contribution < 1.29 is 0 Å². The van der Waals surface area contributed by atoms with Crippen LogP contribution in [0.2, 0.25) is 5.02 Å². The lowest BCUT2D eigenvalue weighted by Crippen LogP contribution is -2.01. The predicted octanol–water partition coefficient (Wildman–Crippen LogP) is 3.80. The number of benzene rings is 1. The van der Waals surface area contributed by atoms with E-state index < -0.39 is 0 Å². The molecule has 0 saturated carbocycles. The second-order valence-electron chi connectivity index (χ2n) is 3.94. The highest BCUT2D eigenvalue weighted by atomic mass is 35.5. The first-order valence-corrected chi connectivity index (χ1v) is 5.90. The van der Waals surface area contributed by atoms with Gasteiger partial charge in [0.05, 0.1) is 6.33 Å². The van der Waals surface area contributed by atoms with Crippen molar-refractivity contribution in [3.05, 3.63) is 53.1 Å². The minimum atomic E-state index is 0.526. The summed E-state index contributed by atoms with van der Waals surface area (Å²) in [6.07, 6.45) is 5.72. The zero-order valence-corrected chi connectivity index (χ0v) is 10.0. The second-order valence-corrected chi connectivity index (χ2v) is 4.37. The van der Waals surface area contributed by atoms with Gasteiger partial charge in [0.15, 0.2) is 0 Å². The monoisotopic (exact) mass is 234 g/mol. The van der Waals surface area contributed by atoms with Crippen LogP contribution in [-0.4, -0.2) is 9.97 Å². The number of rotatable bonds is 4. The molecule has 0 saturated heterocycles. The van der Waals surface area contributed by atoms with Gasteiger partial charge in [-0.1, -0.05) is 30.7 Å². The topological polar surface area (TPSA) is 28.7 Å². The van der Waals surface area contributed by atoms with Crippen LogP contribution >= 0.6 is 11.6 Å². The Kier molecular flexibility index (Phi) is 3.62. The molecule has 0 aliphatic rings. The quantitative estimate of drug-likeness (QED) is 0.857. The van der Waals surface area contributed by atoms with E-state index in [0.29, 0.717) is 5.92 Å². The van der Waals surface area contributed by atoms with E-state index in [1.807, 2.05) is 18.3 Å². The van der Waals surface area contributed by atoms with Gasteiger partial charge in [-0.2, -0.15) is 0 Å². The number of aromatic nitrogens is 2. The Morgan fingerprint density at radius 3 is 2.62 bits per heavy atom. The summed E-state index contributed by atoms with van der Waals surface area (Å²) in [5.74, 6) is 0.526. The summed E-state index contributed by atoms with van der Waals surface area (Å²) in [6.45, 7) is 2.20. The molecule has 84 valence electrons. The Morgan fingerprint density at radius 2 is 2.06 bits per heavy atom. The van der Waals surface area contributed by atoms with E-state index >= 15 is 0 Å². The molecule has 1 N–H and O–H groups in total. The molecule has 0 bridgehead atoms. The number of hydrogen-bond donors (Lipinski definition) is 1. The van der Waals surface area contributed by atoms with Crippen LogP contribution in [0.1, 0.15) is 30.5 Å². The van der Waals surface area contributed by atoms with Gasteiger partial charge in [0.2, 0.25) is 0 Å². The fourth-order valence-corrected chi connectivity index (χ4v) is 2.02. The summed E-state index contributed by atoms with van der Waals surface area (Å²) in [5, 5.41) is 0.792. The van der Waals surface area contributed by atoms with E-state index in [4.69, 9.17) is 11.6 Å². The average Bonchev–Trinajstić information content (AvgIpc) is 2.80. The number of halogens is 1. The van der Waals surface area contributed by atoms with E-state index in [0.717, 1.165) is 17.9 Å². The van der Waals surface area contributed by atoms with E-state index in [1.165, 1.54) is 11.3 Å². The Balaban J connectivity index is 2.13. The molecule has 1 heterocycles. The molecule has 3 heteroatoms. The van der Waals surface area contributed by atoms with Crippen LogP contribution in [0.3, 0.4) is 0 Å². The maximum atomic E-state index is 5.89. The van der Waals surface area contributed by atoms with Crippen LogP contribution in [0.5, 0.6) is 0 Å². The Morgan fingerprint density at radius 1 is 1.31 bits per heavy atom. The van der Waals surface area contributed by atoms with Gasteiger partial charge in [-0.3, -0.25) is 0 Å². The van der Waals surface area contributed by atoms with Crippen LogP contribution in [0.4, 0.5) is 0 Å². The molecule has 2 rings (SSSR count). The van der Waals surface area contributed by atoms with Crippen molar-refractivity contribution >= 4 is 11.6 Å². The first-order valence-electron chi connectivity index (χ1n) is 5.52. The third-order valence-electron chi connectivity index (χ3n) is 2.86. The van der Waals surface area contributed by atoms with Crippen LogP contribution in [-0.2, 0) is 6.42 Å². The highest BCUT2D eigenvalue weighted by molar-refractivity contribution is 6.30. The minimum Gasteiger partial charge on any atom is -0.348 e. The van der Waals surface area contributed by atoms with Gasteiger partial charge in [-0.15, -0.1) is 0 Å². The summed E-state index contributed by atoms with van der Waals surface area (Å²) in [5.41, 5.74) is 2.52. The van der Waals surface area contributed by atoms with E-state index in [-0.39, 0.29) is 0 Å². The zero-order valence-electron chi connectivity index (χ0n) is 9.28. The lowest BCUT2D eigenvalue weighted by Gasteiger charge is -2.14. The fraction of sp³-hybridized carbons (Fsp3) is 0.308. The van der Waals surface area contributed by atoms with E-state index in [2.05, 4.69) is 29.0 Å². The summed E-state index contributed by atoms with van der Waals surface area (Å²) in [4.78, 5) is 7.19. The number of imidazole rings is 1. The molecule has 0 amide bonds. The molecule has 0 radical (unpaired) electrons. The fourth-order valence-electron chi connectivity index (χ4n) is 1.89. The molecule has 1 unspecified atom stereocenters. The van der Waals surface area contributed by atoms with Crippen molar-refractivity contribution in [2.45, 2.75) is 25.7 Å². The molecule has 2 aromatic rings. The van der Waals surface area contributed by atoms with Gasteiger partial charge >= 0.3 is 0 Å². The zero-order chi connectivity index (χ0) is 11.4.